The molecule has 1 aromatic carbocycles. The lowest BCUT2D eigenvalue weighted by Crippen LogP contribution is -2.36. The number of ether oxygens (including phenoxy) is 1. The van der Waals surface area contributed by atoms with Gasteiger partial charge in [0.25, 0.3) is 0 Å². The lowest BCUT2D eigenvalue weighted by Gasteiger charge is -2.35. The van der Waals surface area contributed by atoms with Crippen LogP contribution in [0, 0.1) is 11.7 Å². The fraction of sp³-hybridized carbons (Fsp3) is 0.261. The van der Waals surface area contributed by atoms with E-state index in [0.717, 1.165) is 5.69 Å². The van der Waals surface area contributed by atoms with Gasteiger partial charge in [0.05, 0.1) is 16.9 Å². The topological polar surface area (TPSA) is 73.2 Å². The van der Waals surface area contributed by atoms with Gasteiger partial charge in [-0.15, -0.1) is 0 Å². The van der Waals surface area contributed by atoms with E-state index in [-0.39, 0.29) is 23.6 Å². The molecule has 0 radical (unpaired) electrons. The summed E-state index contributed by atoms with van der Waals surface area (Å²) in [7, 11) is 0. The van der Waals surface area contributed by atoms with Gasteiger partial charge in [-0.05, 0) is 68.1 Å². The van der Waals surface area contributed by atoms with Crippen LogP contribution in [-0.2, 0) is 15.1 Å². The molecule has 6 nitrogen and oxygen atoms in total. The molecule has 1 aliphatic heterocycles. The van der Waals surface area contributed by atoms with Crippen molar-refractivity contribution in [2.45, 2.75) is 31.3 Å². The van der Waals surface area contributed by atoms with Crippen LogP contribution in [-0.4, -0.2) is 21.4 Å². The number of rotatable bonds is 3. The Morgan fingerprint density at radius 2 is 1.93 bits per heavy atom. The molecule has 2 aromatic heterocycles. The Morgan fingerprint density at radius 3 is 2.70 bits per heavy atom. The summed E-state index contributed by atoms with van der Waals surface area (Å²) >= 11 is 0. The first-order chi connectivity index (χ1) is 14.5. The minimum Gasteiger partial charge on any atom is -0.449 e. The molecular weight excluding hydrogens is 385 g/mol. The highest BCUT2D eigenvalue weighted by atomic mass is 19.1. The van der Waals surface area contributed by atoms with Crippen LogP contribution in [0.4, 0.5) is 10.1 Å². The molecule has 152 valence electrons. The number of hydrogen-bond donors (Lipinski definition) is 1. The molecule has 7 heteroatoms. The molecule has 2 aliphatic rings. The van der Waals surface area contributed by atoms with Crippen molar-refractivity contribution < 1.29 is 18.7 Å². The van der Waals surface area contributed by atoms with Crippen LogP contribution >= 0.6 is 0 Å². The summed E-state index contributed by atoms with van der Waals surface area (Å²) in [4.78, 5) is 29.3. The third-order valence-electron chi connectivity index (χ3n) is 6.00. The van der Waals surface area contributed by atoms with Gasteiger partial charge in [-0.3, -0.25) is 9.78 Å². The number of carbonyl (C=O) groups excluding carboxylic acids is 2. The van der Waals surface area contributed by atoms with Crippen molar-refractivity contribution in [2.24, 2.45) is 5.92 Å². The van der Waals surface area contributed by atoms with Crippen LogP contribution < -0.4 is 5.32 Å². The quantitative estimate of drug-likeness (QED) is 0.663. The van der Waals surface area contributed by atoms with Gasteiger partial charge >= 0.3 is 5.97 Å². The molecule has 0 saturated heterocycles. The second-order valence-electron chi connectivity index (χ2n) is 7.83. The van der Waals surface area contributed by atoms with E-state index < -0.39 is 5.60 Å². The van der Waals surface area contributed by atoms with E-state index in [2.05, 4.69) is 10.3 Å². The summed E-state index contributed by atoms with van der Waals surface area (Å²) in [5.41, 5.74) is 2.03. The Labute approximate surface area is 172 Å². The number of anilines is 1. The van der Waals surface area contributed by atoms with E-state index in [1.54, 1.807) is 36.7 Å². The average Bonchev–Trinajstić information content (AvgIpc) is 3.33. The van der Waals surface area contributed by atoms with Crippen LogP contribution in [0.1, 0.15) is 41.7 Å². The Kier molecular flexibility index (Phi) is 4.38. The number of carbonyl (C=O) groups is 2. The van der Waals surface area contributed by atoms with Crippen LogP contribution in [0.3, 0.4) is 0 Å². The Balaban J connectivity index is 1.24. The van der Waals surface area contributed by atoms with Gasteiger partial charge in [0.1, 0.15) is 5.82 Å². The second kappa shape index (κ2) is 7.09. The van der Waals surface area contributed by atoms with Gasteiger partial charge in [-0.2, -0.15) is 0 Å². The first-order valence-corrected chi connectivity index (χ1v) is 9.98. The zero-order valence-corrected chi connectivity index (χ0v) is 16.2. The van der Waals surface area contributed by atoms with Crippen molar-refractivity contribution in [3.63, 3.8) is 0 Å². The van der Waals surface area contributed by atoms with Crippen molar-refractivity contribution in [2.75, 3.05) is 5.32 Å². The summed E-state index contributed by atoms with van der Waals surface area (Å²) in [5, 5.41) is 2.96. The third-order valence-corrected chi connectivity index (χ3v) is 6.00. The number of fused-ring (bicyclic) bond motifs is 2. The van der Waals surface area contributed by atoms with Gasteiger partial charge in [0.15, 0.2) is 5.60 Å². The monoisotopic (exact) mass is 405 g/mol. The van der Waals surface area contributed by atoms with Crippen molar-refractivity contribution >= 4 is 17.6 Å². The normalized spacial score (nSPS) is 22.6. The van der Waals surface area contributed by atoms with Crippen LogP contribution in [0.15, 0.2) is 61.1 Å². The summed E-state index contributed by atoms with van der Waals surface area (Å²) in [6, 6.07) is 11.4. The van der Waals surface area contributed by atoms with Crippen molar-refractivity contribution in [1.82, 2.24) is 9.55 Å². The molecule has 30 heavy (non-hydrogen) atoms. The number of pyridine rings is 1. The first kappa shape index (κ1) is 18.5. The van der Waals surface area contributed by atoms with E-state index in [0.29, 0.717) is 42.6 Å². The molecular formula is C23H20FN3O3. The summed E-state index contributed by atoms with van der Waals surface area (Å²) in [6.07, 6.45) is 7.69. The number of nitrogens with zero attached hydrogens (tertiary/aromatic N) is 2. The van der Waals surface area contributed by atoms with E-state index in [4.69, 9.17) is 4.74 Å². The number of nitrogens with one attached hydrogen (secondary N) is 1. The van der Waals surface area contributed by atoms with Crippen molar-refractivity contribution in [1.29, 1.82) is 0 Å². The lowest BCUT2D eigenvalue weighted by atomic mass is 9.76. The Bertz CT molecular complexity index is 1110. The van der Waals surface area contributed by atoms with Gasteiger partial charge in [0.2, 0.25) is 5.91 Å². The molecule has 0 bridgehead atoms. The molecule has 0 unspecified atom stereocenters. The van der Waals surface area contributed by atoms with Crippen molar-refractivity contribution in [3.05, 3.63) is 78.1 Å². The molecule has 1 aliphatic carbocycles. The zero-order chi connectivity index (χ0) is 20.7. The number of esters is 1. The summed E-state index contributed by atoms with van der Waals surface area (Å²) < 4.78 is 20.6. The third kappa shape index (κ3) is 3.16. The predicted molar refractivity (Wildman–Crippen MR) is 108 cm³/mol. The van der Waals surface area contributed by atoms with Crippen LogP contribution in [0.5, 0.6) is 0 Å². The highest BCUT2D eigenvalue weighted by Crippen LogP contribution is 2.47. The maximum atomic E-state index is 13.1. The largest absolute Gasteiger partial charge is 0.449 e. The Hall–Kier alpha value is -3.48. The minimum absolute atomic E-state index is 0.0488. The summed E-state index contributed by atoms with van der Waals surface area (Å²) in [6.45, 7) is 0. The average molecular weight is 405 g/mol. The molecule has 1 N–H and O–H groups in total. The van der Waals surface area contributed by atoms with Gasteiger partial charge < -0.3 is 14.6 Å². The van der Waals surface area contributed by atoms with E-state index in [1.807, 2.05) is 16.8 Å². The number of amides is 1. The van der Waals surface area contributed by atoms with E-state index in [9.17, 15) is 14.0 Å². The maximum Gasteiger partial charge on any atom is 0.341 e. The van der Waals surface area contributed by atoms with Crippen molar-refractivity contribution in [3.8, 4) is 5.69 Å². The smallest absolute Gasteiger partial charge is 0.341 e. The standard InChI is InChI=1S/C23H20FN3O3/c24-16-3-5-18(6-4-16)27-13-9-17(14-27)26-21(28)15-7-10-23(11-8-15)20-19(22(29)30-23)2-1-12-25-20/h1-6,9,12-15H,7-8,10-11H2,(H,26,28). The fourth-order valence-corrected chi connectivity index (χ4v) is 4.39. The fourth-order valence-electron chi connectivity index (χ4n) is 4.39. The predicted octanol–water partition coefficient (Wildman–Crippen LogP) is 4.21. The molecule has 1 saturated carbocycles. The highest BCUT2D eigenvalue weighted by Gasteiger charge is 2.49. The number of benzene rings is 1. The van der Waals surface area contributed by atoms with E-state index in [1.165, 1.54) is 12.1 Å². The lowest BCUT2D eigenvalue weighted by molar-refractivity contribution is -0.122. The highest BCUT2D eigenvalue weighted by molar-refractivity contribution is 5.94. The van der Waals surface area contributed by atoms with Crippen LogP contribution in [0.2, 0.25) is 0 Å². The Morgan fingerprint density at radius 1 is 1.17 bits per heavy atom. The SMILES string of the molecule is O=C1OC2(CCC(C(=O)Nc3ccn(-c4ccc(F)cc4)c3)CC2)c2ncccc21. The van der Waals surface area contributed by atoms with Gasteiger partial charge in [0, 0.05) is 30.2 Å². The molecule has 1 amide bonds. The van der Waals surface area contributed by atoms with E-state index >= 15 is 0 Å². The molecule has 1 spiro atoms. The molecule has 3 heterocycles. The van der Waals surface area contributed by atoms with Crippen LogP contribution in [0.25, 0.3) is 5.69 Å². The maximum absolute atomic E-state index is 13.1. The van der Waals surface area contributed by atoms with Gasteiger partial charge in [-0.25, -0.2) is 9.18 Å². The number of hydrogen-bond acceptors (Lipinski definition) is 4. The summed E-state index contributed by atoms with van der Waals surface area (Å²) in [5.74, 6) is -0.827. The zero-order valence-electron chi connectivity index (χ0n) is 16.2. The first-order valence-electron chi connectivity index (χ1n) is 9.98. The number of halogens is 1. The molecule has 1 fully saturated rings. The van der Waals surface area contributed by atoms with Gasteiger partial charge in [-0.1, -0.05) is 0 Å². The molecule has 0 atom stereocenters. The molecule has 3 aromatic rings. The minimum atomic E-state index is -0.698. The molecule has 5 rings (SSSR count). The second-order valence-corrected chi connectivity index (χ2v) is 7.83. The number of aromatic nitrogens is 2.